The van der Waals surface area contributed by atoms with Crippen LogP contribution in [0.15, 0.2) is 53.2 Å². The third-order valence-corrected chi connectivity index (χ3v) is 4.21. The summed E-state index contributed by atoms with van der Waals surface area (Å²) in [6.07, 6.45) is 5.84. The molecule has 2 heterocycles. The number of benzene rings is 1. The summed E-state index contributed by atoms with van der Waals surface area (Å²) in [6, 6.07) is 11.7. The zero-order valence-corrected chi connectivity index (χ0v) is 13.8. The highest BCUT2D eigenvalue weighted by molar-refractivity contribution is 5.91. The highest BCUT2D eigenvalue weighted by Gasteiger charge is 2.23. The molecular weight excluding hydrogens is 304 g/mol. The van der Waals surface area contributed by atoms with Crippen molar-refractivity contribution in [3.8, 4) is 5.75 Å². The number of ether oxygens (including phenoxy) is 1. The molecule has 24 heavy (non-hydrogen) atoms. The van der Waals surface area contributed by atoms with Crippen molar-refractivity contribution in [3.63, 3.8) is 0 Å². The number of anilines is 1. The van der Waals surface area contributed by atoms with E-state index in [9.17, 15) is 4.79 Å². The van der Waals surface area contributed by atoms with E-state index >= 15 is 0 Å². The van der Waals surface area contributed by atoms with Crippen LogP contribution in [0.1, 0.15) is 12.2 Å². The van der Waals surface area contributed by atoms with Gasteiger partial charge in [-0.2, -0.15) is 0 Å². The molecule has 1 N–H and O–H groups in total. The van der Waals surface area contributed by atoms with Crippen LogP contribution in [-0.2, 0) is 4.79 Å². The summed E-state index contributed by atoms with van der Waals surface area (Å²) in [6.45, 7) is 2.62. The summed E-state index contributed by atoms with van der Waals surface area (Å²) >= 11 is 0. The lowest BCUT2D eigenvalue weighted by Crippen LogP contribution is -2.29. The Morgan fingerprint density at radius 3 is 3.12 bits per heavy atom. The first-order valence-electron chi connectivity index (χ1n) is 8.13. The van der Waals surface area contributed by atoms with Gasteiger partial charge in [0, 0.05) is 37.5 Å². The molecule has 126 valence electrons. The van der Waals surface area contributed by atoms with Gasteiger partial charge in [0.25, 0.3) is 0 Å². The molecule has 1 saturated heterocycles. The van der Waals surface area contributed by atoms with Crippen molar-refractivity contribution in [2.45, 2.75) is 6.42 Å². The summed E-state index contributed by atoms with van der Waals surface area (Å²) in [5.74, 6) is 1.91. The second-order valence-electron chi connectivity index (χ2n) is 5.90. The van der Waals surface area contributed by atoms with Gasteiger partial charge in [-0.3, -0.25) is 4.79 Å². The largest absolute Gasteiger partial charge is 0.497 e. The van der Waals surface area contributed by atoms with Crippen LogP contribution in [0.25, 0.3) is 6.08 Å². The predicted octanol–water partition coefficient (Wildman–Crippen LogP) is 2.94. The number of amides is 1. The fourth-order valence-electron chi connectivity index (χ4n) is 2.89. The fraction of sp³-hybridized carbons (Fsp3) is 0.316. The molecule has 0 spiro atoms. The molecule has 3 rings (SSSR count). The van der Waals surface area contributed by atoms with Gasteiger partial charge in [0.15, 0.2) is 0 Å². The first-order chi connectivity index (χ1) is 11.7. The Morgan fingerprint density at radius 1 is 1.42 bits per heavy atom. The molecule has 1 atom stereocenters. The molecule has 0 aliphatic carbocycles. The van der Waals surface area contributed by atoms with Crippen molar-refractivity contribution in [2.24, 2.45) is 5.92 Å². The van der Waals surface area contributed by atoms with Gasteiger partial charge in [-0.25, -0.2) is 0 Å². The zero-order chi connectivity index (χ0) is 16.8. The van der Waals surface area contributed by atoms with Gasteiger partial charge in [-0.05, 0) is 42.7 Å². The van der Waals surface area contributed by atoms with E-state index in [2.05, 4.69) is 16.3 Å². The maximum atomic E-state index is 11.9. The van der Waals surface area contributed by atoms with Crippen LogP contribution in [0.5, 0.6) is 5.75 Å². The van der Waals surface area contributed by atoms with Gasteiger partial charge < -0.3 is 19.4 Å². The van der Waals surface area contributed by atoms with Crippen LogP contribution < -0.4 is 15.0 Å². The van der Waals surface area contributed by atoms with Crippen molar-refractivity contribution in [1.29, 1.82) is 0 Å². The topological polar surface area (TPSA) is 54.7 Å². The van der Waals surface area contributed by atoms with E-state index in [0.29, 0.717) is 18.2 Å². The standard InChI is InChI=1S/C19H22N2O3/c1-23-18-5-2-4-16(12-18)21-10-9-15(14-21)13-20-19(22)8-7-17-6-3-11-24-17/h2-8,11-12,15H,9-10,13-14H2,1H3,(H,20,22)/b8-7+/t15-/m0/s1. The first-order valence-corrected chi connectivity index (χ1v) is 8.13. The Balaban J connectivity index is 1.46. The Hall–Kier alpha value is -2.69. The van der Waals surface area contributed by atoms with Gasteiger partial charge in [-0.1, -0.05) is 6.07 Å². The van der Waals surface area contributed by atoms with Crippen LogP contribution in [0.3, 0.4) is 0 Å². The second kappa shape index (κ2) is 7.73. The Morgan fingerprint density at radius 2 is 2.33 bits per heavy atom. The number of methoxy groups -OCH3 is 1. The summed E-state index contributed by atoms with van der Waals surface area (Å²) < 4.78 is 10.4. The normalized spacial score (nSPS) is 17.4. The number of nitrogens with one attached hydrogen (secondary N) is 1. The maximum Gasteiger partial charge on any atom is 0.244 e. The van der Waals surface area contributed by atoms with Gasteiger partial charge in [0.05, 0.1) is 13.4 Å². The molecule has 1 aromatic heterocycles. The summed E-state index contributed by atoms with van der Waals surface area (Å²) in [7, 11) is 1.68. The van der Waals surface area contributed by atoms with Gasteiger partial charge in [0.2, 0.25) is 5.91 Å². The third kappa shape index (κ3) is 4.19. The van der Waals surface area contributed by atoms with Gasteiger partial charge in [-0.15, -0.1) is 0 Å². The van der Waals surface area contributed by atoms with E-state index in [-0.39, 0.29) is 5.91 Å². The van der Waals surface area contributed by atoms with E-state index in [1.165, 1.54) is 11.8 Å². The molecule has 0 radical (unpaired) electrons. The van der Waals surface area contributed by atoms with Gasteiger partial charge in [0.1, 0.15) is 11.5 Å². The van der Waals surface area contributed by atoms with E-state index in [4.69, 9.17) is 9.15 Å². The molecule has 5 nitrogen and oxygen atoms in total. The molecule has 1 fully saturated rings. The van der Waals surface area contributed by atoms with Crippen LogP contribution in [0.4, 0.5) is 5.69 Å². The van der Waals surface area contributed by atoms with Crippen molar-refractivity contribution in [3.05, 3.63) is 54.5 Å². The lowest BCUT2D eigenvalue weighted by atomic mass is 10.1. The Bertz CT molecular complexity index is 694. The third-order valence-electron chi connectivity index (χ3n) is 4.21. The summed E-state index contributed by atoms with van der Waals surface area (Å²) in [4.78, 5) is 14.2. The lowest BCUT2D eigenvalue weighted by Gasteiger charge is -2.19. The fourth-order valence-corrected chi connectivity index (χ4v) is 2.89. The highest BCUT2D eigenvalue weighted by atomic mass is 16.5. The molecule has 0 saturated carbocycles. The number of hydrogen-bond donors (Lipinski definition) is 1. The van der Waals surface area contributed by atoms with Gasteiger partial charge >= 0.3 is 0 Å². The number of rotatable bonds is 6. The smallest absolute Gasteiger partial charge is 0.244 e. The van der Waals surface area contributed by atoms with E-state index in [0.717, 1.165) is 25.3 Å². The number of carbonyl (C=O) groups excluding carboxylic acids is 1. The van der Waals surface area contributed by atoms with E-state index < -0.39 is 0 Å². The second-order valence-corrected chi connectivity index (χ2v) is 5.90. The average molecular weight is 326 g/mol. The molecule has 1 aromatic carbocycles. The number of nitrogens with zero attached hydrogens (tertiary/aromatic N) is 1. The van der Waals surface area contributed by atoms with Crippen molar-refractivity contribution in [2.75, 3.05) is 31.6 Å². The lowest BCUT2D eigenvalue weighted by molar-refractivity contribution is -0.116. The van der Waals surface area contributed by atoms with Crippen LogP contribution >= 0.6 is 0 Å². The van der Waals surface area contributed by atoms with E-state index in [1.807, 2.05) is 24.3 Å². The molecular formula is C19H22N2O3. The number of hydrogen-bond acceptors (Lipinski definition) is 4. The van der Waals surface area contributed by atoms with Crippen LogP contribution in [0.2, 0.25) is 0 Å². The van der Waals surface area contributed by atoms with Crippen LogP contribution in [0, 0.1) is 5.92 Å². The molecule has 1 amide bonds. The maximum absolute atomic E-state index is 11.9. The summed E-state index contributed by atoms with van der Waals surface area (Å²) in [5.41, 5.74) is 1.17. The van der Waals surface area contributed by atoms with Crippen molar-refractivity contribution in [1.82, 2.24) is 5.32 Å². The quantitative estimate of drug-likeness (QED) is 0.829. The minimum atomic E-state index is -0.0915. The molecule has 1 aliphatic heterocycles. The molecule has 0 bridgehead atoms. The molecule has 5 heteroatoms. The first kappa shape index (κ1) is 16.2. The Labute approximate surface area is 141 Å². The average Bonchev–Trinajstić information content (AvgIpc) is 3.30. The number of furan rings is 1. The van der Waals surface area contributed by atoms with E-state index in [1.54, 1.807) is 25.5 Å². The van der Waals surface area contributed by atoms with Crippen molar-refractivity contribution >= 4 is 17.7 Å². The monoisotopic (exact) mass is 326 g/mol. The predicted molar refractivity (Wildman–Crippen MR) is 94.1 cm³/mol. The molecule has 1 aliphatic rings. The molecule has 0 unspecified atom stereocenters. The highest BCUT2D eigenvalue weighted by Crippen LogP contribution is 2.26. The minimum Gasteiger partial charge on any atom is -0.497 e. The van der Waals surface area contributed by atoms with Crippen LogP contribution in [-0.4, -0.2) is 32.7 Å². The summed E-state index contributed by atoms with van der Waals surface area (Å²) in [5, 5.41) is 2.96. The molecule has 2 aromatic rings. The Kier molecular flexibility index (Phi) is 5.21. The number of carbonyl (C=O) groups is 1. The van der Waals surface area contributed by atoms with Crippen molar-refractivity contribution < 1.29 is 13.9 Å². The minimum absolute atomic E-state index is 0.0915. The SMILES string of the molecule is COc1cccc(N2CC[C@@H](CNC(=O)/C=C/c3ccco3)C2)c1. The zero-order valence-electron chi connectivity index (χ0n) is 13.8.